The maximum atomic E-state index is 4.24. The van der Waals surface area contributed by atoms with Gasteiger partial charge in [-0.05, 0) is 24.8 Å². The summed E-state index contributed by atoms with van der Waals surface area (Å²) in [7, 11) is 1.82. The molecule has 1 atom stereocenters. The first kappa shape index (κ1) is 19.2. The number of aryl methyl sites for hydroxylation is 1. The molecule has 0 amide bonds. The molecule has 0 aromatic heterocycles. The van der Waals surface area contributed by atoms with Crippen molar-refractivity contribution in [2.45, 2.75) is 39.5 Å². The summed E-state index contributed by atoms with van der Waals surface area (Å²) < 4.78 is 0. The molecule has 3 nitrogen and oxygen atoms in total. The molecule has 0 aliphatic rings. The predicted molar refractivity (Wildman–Crippen MR) is 99.3 cm³/mol. The second-order valence-corrected chi connectivity index (χ2v) is 5.05. The highest BCUT2D eigenvalue weighted by atomic mass is 127. The number of benzene rings is 1. The third kappa shape index (κ3) is 7.12. The van der Waals surface area contributed by atoms with E-state index in [4.69, 9.17) is 0 Å². The van der Waals surface area contributed by atoms with Crippen LogP contribution >= 0.6 is 24.0 Å². The van der Waals surface area contributed by atoms with E-state index in [0.717, 1.165) is 19.0 Å². The quantitative estimate of drug-likeness (QED) is 0.337. The lowest BCUT2D eigenvalue weighted by atomic mass is 9.99. The molecule has 1 aromatic rings. The summed E-state index contributed by atoms with van der Waals surface area (Å²) in [6.07, 6.45) is 2.37. The smallest absolute Gasteiger partial charge is 0.190 e. The van der Waals surface area contributed by atoms with Crippen molar-refractivity contribution in [3.63, 3.8) is 0 Å². The van der Waals surface area contributed by atoms with Crippen LogP contribution in [0, 0.1) is 6.92 Å². The average Bonchev–Trinajstić information content (AvgIpc) is 2.42. The highest BCUT2D eigenvalue weighted by Gasteiger charge is 2.06. The topological polar surface area (TPSA) is 36.4 Å². The van der Waals surface area contributed by atoms with Crippen LogP contribution < -0.4 is 10.6 Å². The number of hydrogen-bond donors (Lipinski definition) is 2. The molecule has 0 aliphatic heterocycles. The molecular weight excluding hydrogens is 361 g/mol. The summed E-state index contributed by atoms with van der Waals surface area (Å²) in [4.78, 5) is 4.24. The molecular formula is C16H28IN3. The number of nitrogens with one attached hydrogen (secondary N) is 2. The lowest BCUT2D eigenvalue weighted by Gasteiger charge is -2.16. The van der Waals surface area contributed by atoms with Gasteiger partial charge < -0.3 is 10.6 Å². The first-order chi connectivity index (χ1) is 9.17. The Labute approximate surface area is 140 Å². The summed E-state index contributed by atoms with van der Waals surface area (Å²) in [6, 6.07) is 8.69. The number of halogens is 1. The highest BCUT2D eigenvalue weighted by molar-refractivity contribution is 14.0. The second kappa shape index (κ2) is 10.9. The Bertz CT molecular complexity index is 404. The van der Waals surface area contributed by atoms with Crippen molar-refractivity contribution >= 4 is 29.9 Å². The van der Waals surface area contributed by atoms with Gasteiger partial charge >= 0.3 is 0 Å². The van der Waals surface area contributed by atoms with Crippen molar-refractivity contribution in [1.29, 1.82) is 0 Å². The molecule has 0 aliphatic carbocycles. The number of nitrogens with zero attached hydrogens (tertiary/aromatic N) is 1. The average molecular weight is 389 g/mol. The SMILES string of the molecule is CCCCNC(=NC)NCC(C)c1cccc(C)c1.I. The molecule has 4 heteroatoms. The fourth-order valence-corrected chi connectivity index (χ4v) is 1.95. The minimum absolute atomic E-state index is 0. The highest BCUT2D eigenvalue weighted by Crippen LogP contribution is 2.15. The molecule has 0 saturated heterocycles. The third-order valence-corrected chi connectivity index (χ3v) is 3.23. The molecule has 1 unspecified atom stereocenters. The molecule has 1 rings (SSSR count). The van der Waals surface area contributed by atoms with Gasteiger partial charge in [-0.3, -0.25) is 4.99 Å². The van der Waals surface area contributed by atoms with E-state index in [-0.39, 0.29) is 24.0 Å². The van der Waals surface area contributed by atoms with Crippen molar-refractivity contribution in [2.75, 3.05) is 20.1 Å². The van der Waals surface area contributed by atoms with Gasteiger partial charge in [-0.2, -0.15) is 0 Å². The van der Waals surface area contributed by atoms with Crippen molar-refractivity contribution in [2.24, 2.45) is 4.99 Å². The van der Waals surface area contributed by atoms with Crippen LogP contribution in [0.4, 0.5) is 0 Å². The number of guanidine groups is 1. The monoisotopic (exact) mass is 389 g/mol. The molecule has 1 aromatic carbocycles. The van der Waals surface area contributed by atoms with Gasteiger partial charge in [-0.15, -0.1) is 24.0 Å². The Kier molecular flexibility index (Phi) is 10.5. The number of hydrogen-bond acceptors (Lipinski definition) is 1. The predicted octanol–water partition coefficient (Wildman–Crippen LogP) is 3.68. The van der Waals surface area contributed by atoms with E-state index in [1.165, 1.54) is 24.0 Å². The van der Waals surface area contributed by atoms with Crippen LogP contribution in [0.3, 0.4) is 0 Å². The third-order valence-electron chi connectivity index (χ3n) is 3.23. The van der Waals surface area contributed by atoms with Crippen molar-refractivity contribution in [1.82, 2.24) is 10.6 Å². The zero-order chi connectivity index (χ0) is 14.1. The van der Waals surface area contributed by atoms with Crippen LogP contribution in [0.5, 0.6) is 0 Å². The molecule has 114 valence electrons. The second-order valence-electron chi connectivity index (χ2n) is 5.05. The van der Waals surface area contributed by atoms with E-state index in [1.807, 2.05) is 7.05 Å². The van der Waals surface area contributed by atoms with Gasteiger partial charge in [-0.25, -0.2) is 0 Å². The Morgan fingerprint density at radius 3 is 2.65 bits per heavy atom. The Hall–Kier alpha value is -0.780. The minimum Gasteiger partial charge on any atom is -0.356 e. The number of rotatable bonds is 6. The fraction of sp³-hybridized carbons (Fsp3) is 0.562. The normalized spacial score (nSPS) is 12.5. The lowest BCUT2D eigenvalue weighted by molar-refractivity contribution is 0.684. The van der Waals surface area contributed by atoms with Crippen molar-refractivity contribution in [3.05, 3.63) is 35.4 Å². The molecule has 20 heavy (non-hydrogen) atoms. The Balaban J connectivity index is 0.00000361. The van der Waals surface area contributed by atoms with Gasteiger partial charge in [0.1, 0.15) is 0 Å². The summed E-state index contributed by atoms with van der Waals surface area (Å²) >= 11 is 0. The molecule has 0 spiro atoms. The van der Waals surface area contributed by atoms with E-state index in [1.54, 1.807) is 0 Å². The first-order valence-corrected chi connectivity index (χ1v) is 7.18. The Morgan fingerprint density at radius 2 is 2.05 bits per heavy atom. The molecule has 2 N–H and O–H groups in total. The summed E-state index contributed by atoms with van der Waals surface area (Å²) in [5.41, 5.74) is 2.69. The summed E-state index contributed by atoms with van der Waals surface area (Å²) in [5.74, 6) is 1.37. The van der Waals surface area contributed by atoms with Crippen LogP contribution in [-0.4, -0.2) is 26.1 Å². The molecule has 0 heterocycles. The van der Waals surface area contributed by atoms with Gasteiger partial charge in [0.2, 0.25) is 0 Å². The van der Waals surface area contributed by atoms with E-state index in [2.05, 4.69) is 60.7 Å². The summed E-state index contributed by atoms with van der Waals surface area (Å²) in [6.45, 7) is 8.44. The largest absolute Gasteiger partial charge is 0.356 e. The van der Waals surface area contributed by atoms with Gasteiger partial charge in [0, 0.05) is 20.1 Å². The van der Waals surface area contributed by atoms with Crippen LogP contribution in [0.2, 0.25) is 0 Å². The van der Waals surface area contributed by atoms with Crippen LogP contribution in [-0.2, 0) is 0 Å². The van der Waals surface area contributed by atoms with Gasteiger partial charge in [0.25, 0.3) is 0 Å². The van der Waals surface area contributed by atoms with E-state index >= 15 is 0 Å². The fourth-order valence-electron chi connectivity index (χ4n) is 1.95. The lowest BCUT2D eigenvalue weighted by Crippen LogP contribution is -2.39. The molecule has 0 saturated carbocycles. The van der Waals surface area contributed by atoms with Gasteiger partial charge in [0.05, 0.1) is 0 Å². The van der Waals surface area contributed by atoms with E-state index in [9.17, 15) is 0 Å². The number of aliphatic imine (C=N–C) groups is 1. The molecule has 0 fully saturated rings. The van der Waals surface area contributed by atoms with Crippen molar-refractivity contribution in [3.8, 4) is 0 Å². The van der Waals surface area contributed by atoms with Crippen LogP contribution in [0.15, 0.2) is 29.3 Å². The van der Waals surface area contributed by atoms with E-state index in [0.29, 0.717) is 5.92 Å². The van der Waals surface area contributed by atoms with Crippen molar-refractivity contribution < 1.29 is 0 Å². The molecule has 0 bridgehead atoms. The van der Waals surface area contributed by atoms with Crippen LogP contribution in [0.25, 0.3) is 0 Å². The molecule has 0 radical (unpaired) electrons. The maximum absolute atomic E-state index is 4.24. The van der Waals surface area contributed by atoms with Crippen LogP contribution in [0.1, 0.15) is 43.7 Å². The Morgan fingerprint density at radius 1 is 1.30 bits per heavy atom. The zero-order valence-electron chi connectivity index (χ0n) is 13.1. The minimum atomic E-state index is 0. The van der Waals surface area contributed by atoms with E-state index < -0.39 is 0 Å². The summed E-state index contributed by atoms with van der Waals surface area (Å²) in [5, 5.41) is 6.71. The first-order valence-electron chi connectivity index (χ1n) is 7.18. The standard InChI is InChI=1S/C16H27N3.HI/c1-5-6-10-18-16(17-4)19-12-14(3)15-9-7-8-13(2)11-15;/h7-9,11,14H,5-6,10,12H2,1-4H3,(H2,17,18,19);1H. The van der Waals surface area contributed by atoms with Gasteiger partial charge in [-0.1, -0.05) is 50.1 Å². The zero-order valence-corrected chi connectivity index (χ0v) is 15.4. The van der Waals surface area contributed by atoms with Gasteiger partial charge in [0.15, 0.2) is 5.96 Å². The maximum Gasteiger partial charge on any atom is 0.190 e. The number of unbranched alkanes of at least 4 members (excludes halogenated alkanes) is 1.